The van der Waals surface area contributed by atoms with Crippen molar-refractivity contribution in [3.8, 4) is 5.75 Å². The molecular formula is C37H50N8O6. The van der Waals surface area contributed by atoms with Crippen molar-refractivity contribution < 1.29 is 28.4 Å². The van der Waals surface area contributed by atoms with Crippen LogP contribution in [0.1, 0.15) is 99.4 Å². The summed E-state index contributed by atoms with van der Waals surface area (Å²) in [6.07, 6.45) is 11.1. The molecular weight excluding hydrogens is 652 g/mol. The monoisotopic (exact) mass is 702 g/mol. The molecule has 1 fully saturated rings. The lowest BCUT2D eigenvalue weighted by molar-refractivity contribution is -0.147. The zero-order valence-corrected chi connectivity index (χ0v) is 29.9. The fraction of sp³-hybridized carbons (Fsp3) is 0.568. The van der Waals surface area contributed by atoms with E-state index in [2.05, 4.69) is 30.7 Å². The first kappa shape index (κ1) is 37.4. The summed E-state index contributed by atoms with van der Waals surface area (Å²) in [5.74, 6) is -0.0928. The van der Waals surface area contributed by atoms with Crippen LogP contribution >= 0.6 is 0 Å². The van der Waals surface area contributed by atoms with Gasteiger partial charge in [0.15, 0.2) is 6.61 Å². The van der Waals surface area contributed by atoms with Crippen molar-refractivity contribution in [1.82, 2.24) is 40.5 Å². The first-order chi connectivity index (χ1) is 24.7. The van der Waals surface area contributed by atoms with E-state index in [9.17, 15) is 19.2 Å². The molecule has 2 aromatic heterocycles. The fourth-order valence-corrected chi connectivity index (χ4v) is 6.66. The van der Waals surface area contributed by atoms with Gasteiger partial charge < -0.3 is 29.7 Å². The number of nitrogens with one attached hydrogen (secondary N) is 2. The summed E-state index contributed by atoms with van der Waals surface area (Å²) in [4.78, 5) is 71.6. The van der Waals surface area contributed by atoms with Crippen LogP contribution in [0.3, 0.4) is 0 Å². The molecule has 0 radical (unpaired) electrons. The topological polar surface area (TPSA) is 173 Å². The van der Waals surface area contributed by atoms with E-state index < -0.39 is 24.0 Å². The summed E-state index contributed by atoms with van der Waals surface area (Å²) in [6, 6.07) is 6.04. The highest BCUT2D eigenvalue weighted by Gasteiger charge is 2.41. The van der Waals surface area contributed by atoms with Crippen LogP contribution in [0.2, 0.25) is 0 Å². The van der Waals surface area contributed by atoms with Crippen LogP contribution in [-0.2, 0) is 33.8 Å². The molecule has 4 amide bonds. The van der Waals surface area contributed by atoms with E-state index in [-0.39, 0.29) is 42.2 Å². The zero-order chi connectivity index (χ0) is 36.2. The minimum absolute atomic E-state index is 0.0159. The van der Waals surface area contributed by atoms with Gasteiger partial charge in [0.2, 0.25) is 29.4 Å². The average molecular weight is 703 g/mol. The molecule has 1 aromatic carbocycles. The Kier molecular flexibility index (Phi) is 13.5. The number of fused-ring (bicyclic) bond motifs is 4. The maximum absolute atomic E-state index is 14.2. The van der Waals surface area contributed by atoms with Gasteiger partial charge in [0.1, 0.15) is 30.2 Å². The Morgan fingerprint density at radius 2 is 1.75 bits per heavy atom. The summed E-state index contributed by atoms with van der Waals surface area (Å²) in [6.45, 7) is 4.82. The Balaban J connectivity index is 1.39. The summed E-state index contributed by atoms with van der Waals surface area (Å²) >= 11 is 0. The second-order valence-electron chi connectivity index (χ2n) is 13.8. The number of carbonyl (C=O) groups is 4. The Morgan fingerprint density at radius 1 is 0.961 bits per heavy atom. The highest BCUT2D eigenvalue weighted by atomic mass is 16.5. The number of nitrogens with zero attached hydrogens (tertiary/aromatic N) is 6. The van der Waals surface area contributed by atoms with Gasteiger partial charge in [0.25, 0.3) is 5.91 Å². The summed E-state index contributed by atoms with van der Waals surface area (Å²) in [7, 11) is 1.61. The minimum atomic E-state index is -0.886. The number of likely N-dealkylation sites (N-methyl/N-ethyl adjacent to an activating group) is 1. The van der Waals surface area contributed by atoms with Gasteiger partial charge in [-0.3, -0.25) is 19.2 Å². The highest BCUT2D eigenvalue weighted by molar-refractivity contribution is 6.00. The van der Waals surface area contributed by atoms with E-state index in [1.807, 2.05) is 13.8 Å². The molecule has 4 heterocycles. The van der Waals surface area contributed by atoms with Gasteiger partial charge in [-0.25, -0.2) is 9.97 Å². The van der Waals surface area contributed by atoms with E-state index in [4.69, 9.17) is 9.26 Å². The van der Waals surface area contributed by atoms with Crippen LogP contribution in [0.15, 0.2) is 47.4 Å². The Hall–Kier alpha value is -4.88. The molecule has 0 spiro atoms. The molecule has 2 aliphatic rings. The second-order valence-corrected chi connectivity index (χ2v) is 13.8. The van der Waals surface area contributed by atoms with Gasteiger partial charge in [-0.2, -0.15) is 4.98 Å². The molecule has 3 atom stereocenters. The van der Waals surface area contributed by atoms with Crippen molar-refractivity contribution in [1.29, 1.82) is 0 Å². The Labute approximate surface area is 299 Å². The molecule has 2 aliphatic heterocycles. The highest BCUT2D eigenvalue weighted by Crippen LogP contribution is 2.25. The molecule has 0 aliphatic carbocycles. The number of aryl methyl sites for hydroxylation is 1. The molecule has 0 saturated carbocycles. The normalized spacial score (nSPS) is 22.2. The smallest absolute Gasteiger partial charge is 0.255 e. The zero-order valence-electron chi connectivity index (χ0n) is 29.9. The molecule has 5 rings (SSSR count). The lowest BCUT2D eigenvalue weighted by Gasteiger charge is -2.34. The molecule has 0 unspecified atom stereocenters. The van der Waals surface area contributed by atoms with Crippen molar-refractivity contribution in [2.45, 2.75) is 109 Å². The predicted molar refractivity (Wildman–Crippen MR) is 187 cm³/mol. The first-order valence-electron chi connectivity index (χ1n) is 18.1. The molecule has 14 heteroatoms. The Bertz CT molecular complexity index is 1610. The van der Waals surface area contributed by atoms with Crippen LogP contribution in [0.4, 0.5) is 0 Å². The van der Waals surface area contributed by atoms with Crippen LogP contribution in [0.5, 0.6) is 5.75 Å². The molecule has 3 aromatic rings. The number of para-hydroxylation sites is 1. The van der Waals surface area contributed by atoms with Crippen molar-refractivity contribution in [3.63, 3.8) is 0 Å². The quantitative estimate of drug-likeness (QED) is 0.409. The summed E-state index contributed by atoms with van der Waals surface area (Å²) in [5.41, 5.74) is 0.890. The molecule has 274 valence electrons. The third kappa shape index (κ3) is 10.3. The van der Waals surface area contributed by atoms with Crippen LogP contribution in [-0.4, -0.2) is 91.8 Å². The van der Waals surface area contributed by atoms with Gasteiger partial charge >= 0.3 is 0 Å². The van der Waals surface area contributed by atoms with E-state index in [0.29, 0.717) is 61.9 Å². The van der Waals surface area contributed by atoms with Crippen LogP contribution in [0, 0.1) is 5.92 Å². The van der Waals surface area contributed by atoms with Gasteiger partial charge in [-0.15, -0.1) is 0 Å². The van der Waals surface area contributed by atoms with E-state index >= 15 is 0 Å². The summed E-state index contributed by atoms with van der Waals surface area (Å²) in [5, 5.41) is 10.0. The fourth-order valence-electron chi connectivity index (χ4n) is 6.66. The second kappa shape index (κ2) is 18.4. The maximum atomic E-state index is 14.2. The van der Waals surface area contributed by atoms with Gasteiger partial charge in [0.05, 0.1) is 5.56 Å². The lowest BCUT2D eigenvalue weighted by Crippen LogP contribution is -2.57. The third-order valence-corrected chi connectivity index (χ3v) is 9.41. The summed E-state index contributed by atoms with van der Waals surface area (Å²) < 4.78 is 11.4. The van der Waals surface area contributed by atoms with Crippen molar-refractivity contribution in [2.75, 3.05) is 20.1 Å². The SMILES string of the molecule is CC(C)C[C@H]1NC(=O)c2ccccc2OCc2noc(n2)CCCCCCCCNC(=O)[C@H](Cc2ccncn2)N(C)C(=O)[C@H]2CCCN2C1=O. The number of aromatic nitrogens is 4. The van der Waals surface area contributed by atoms with E-state index in [1.54, 1.807) is 48.5 Å². The van der Waals surface area contributed by atoms with Crippen LogP contribution < -0.4 is 15.4 Å². The van der Waals surface area contributed by atoms with Gasteiger partial charge in [-0.05, 0) is 56.2 Å². The molecule has 51 heavy (non-hydrogen) atoms. The van der Waals surface area contributed by atoms with E-state index in [1.165, 1.54) is 11.2 Å². The van der Waals surface area contributed by atoms with E-state index in [0.717, 1.165) is 38.5 Å². The van der Waals surface area contributed by atoms with Gasteiger partial charge in [0, 0.05) is 44.9 Å². The maximum Gasteiger partial charge on any atom is 0.255 e. The Morgan fingerprint density at radius 3 is 2.53 bits per heavy atom. The van der Waals surface area contributed by atoms with Crippen molar-refractivity contribution in [3.05, 3.63) is 65.8 Å². The molecule has 2 bridgehead atoms. The lowest BCUT2D eigenvalue weighted by atomic mass is 10.0. The number of ether oxygens (including phenoxy) is 1. The average Bonchev–Trinajstić information content (AvgIpc) is 3.81. The third-order valence-electron chi connectivity index (χ3n) is 9.41. The number of amides is 4. The number of hydrogen-bond donors (Lipinski definition) is 2. The minimum Gasteiger partial charge on any atom is -0.485 e. The molecule has 14 nitrogen and oxygen atoms in total. The van der Waals surface area contributed by atoms with Crippen molar-refractivity contribution >= 4 is 23.6 Å². The number of benzene rings is 1. The number of hydrogen-bond acceptors (Lipinski definition) is 10. The van der Waals surface area contributed by atoms with Gasteiger partial charge in [-0.1, -0.05) is 56.8 Å². The van der Waals surface area contributed by atoms with Crippen LogP contribution in [0.25, 0.3) is 0 Å². The van der Waals surface area contributed by atoms with Crippen molar-refractivity contribution in [2.24, 2.45) is 5.92 Å². The molecule has 1 saturated heterocycles. The predicted octanol–water partition coefficient (Wildman–Crippen LogP) is 3.66. The number of carbonyl (C=O) groups excluding carboxylic acids is 4. The number of rotatable bonds is 4. The molecule has 2 N–H and O–H groups in total. The first-order valence-corrected chi connectivity index (χ1v) is 18.1. The standard InChI is InChI=1S/C37H50N8O6/c1-25(2)21-28-36(48)45-20-12-14-29(45)37(49)44(3)30(22-26-17-19-38-24-40-26)35(47)39-18-11-7-5-4-6-8-16-33-42-32(43-51-33)23-50-31-15-10-9-13-27(31)34(46)41-28/h9-10,13,15,17,19,24-25,28-30H,4-8,11-12,14,16,18,20-23H2,1-3H3,(H,39,47)(H,41,46)/t28-,29-,30+/m1/s1. The largest absolute Gasteiger partial charge is 0.485 e.